The Balaban J connectivity index is 3.18. The fourth-order valence-electron chi connectivity index (χ4n) is 1.75. The Morgan fingerprint density at radius 2 is 1.65 bits per heavy atom. The Morgan fingerprint density at radius 3 is 2.00 bits per heavy atom. The maximum Gasteiger partial charge on any atom is 0.240 e. The molecule has 1 atom stereocenters. The molecule has 1 aromatic carbocycles. The van der Waals surface area contributed by atoms with E-state index < -0.39 is 18.9 Å². The SMILES string of the molecule is COc1cc(C)cc(OC)c1[C@@H](N)CC(F)F. The van der Waals surface area contributed by atoms with E-state index in [0.717, 1.165) is 5.56 Å². The fourth-order valence-corrected chi connectivity index (χ4v) is 1.75. The summed E-state index contributed by atoms with van der Waals surface area (Å²) < 4.78 is 35.1. The number of alkyl halides is 2. The van der Waals surface area contributed by atoms with E-state index in [2.05, 4.69) is 0 Å². The lowest BCUT2D eigenvalue weighted by Crippen LogP contribution is -2.16. The van der Waals surface area contributed by atoms with Crippen LogP contribution in [0.4, 0.5) is 8.78 Å². The van der Waals surface area contributed by atoms with Gasteiger partial charge in [0, 0.05) is 12.5 Å². The molecule has 0 bridgehead atoms. The van der Waals surface area contributed by atoms with Crippen molar-refractivity contribution in [3.8, 4) is 11.5 Å². The van der Waals surface area contributed by atoms with Gasteiger partial charge in [-0.25, -0.2) is 8.78 Å². The highest BCUT2D eigenvalue weighted by molar-refractivity contribution is 5.49. The van der Waals surface area contributed by atoms with E-state index in [1.165, 1.54) is 14.2 Å². The van der Waals surface area contributed by atoms with Gasteiger partial charge >= 0.3 is 0 Å². The summed E-state index contributed by atoms with van der Waals surface area (Å²) in [5.41, 5.74) is 7.17. The molecule has 3 nitrogen and oxygen atoms in total. The highest BCUT2D eigenvalue weighted by Crippen LogP contribution is 2.36. The van der Waals surface area contributed by atoms with Crippen LogP contribution in [-0.2, 0) is 0 Å². The Bertz CT molecular complexity index is 358. The van der Waals surface area contributed by atoms with Crippen LogP contribution in [-0.4, -0.2) is 20.6 Å². The molecule has 5 heteroatoms. The van der Waals surface area contributed by atoms with Crippen LogP contribution in [0, 0.1) is 6.92 Å². The topological polar surface area (TPSA) is 44.5 Å². The molecule has 17 heavy (non-hydrogen) atoms. The van der Waals surface area contributed by atoms with Gasteiger partial charge in [-0.05, 0) is 24.6 Å². The molecule has 0 saturated carbocycles. The fraction of sp³-hybridized carbons (Fsp3) is 0.500. The van der Waals surface area contributed by atoms with Crippen LogP contribution in [0.15, 0.2) is 12.1 Å². The summed E-state index contributed by atoms with van der Waals surface area (Å²) in [5.74, 6) is 0.963. The highest BCUT2D eigenvalue weighted by Gasteiger charge is 2.21. The van der Waals surface area contributed by atoms with Gasteiger partial charge in [-0.15, -0.1) is 0 Å². The van der Waals surface area contributed by atoms with E-state index in [1.54, 1.807) is 12.1 Å². The lowest BCUT2D eigenvalue weighted by molar-refractivity contribution is 0.127. The van der Waals surface area contributed by atoms with E-state index in [9.17, 15) is 8.78 Å². The molecular formula is C12H17F2NO2. The van der Waals surface area contributed by atoms with Gasteiger partial charge in [0.1, 0.15) is 11.5 Å². The molecule has 0 aliphatic carbocycles. The summed E-state index contributed by atoms with van der Waals surface area (Å²) in [7, 11) is 2.96. The third kappa shape index (κ3) is 3.30. The first kappa shape index (κ1) is 13.7. The Kier molecular flexibility index (Phi) is 4.69. The smallest absolute Gasteiger partial charge is 0.240 e. The van der Waals surface area contributed by atoms with E-state index in [-0.39, 0.29) is 0 Å². The standard InChI is InChI=1S/C12H17F2NO2/c1-7-4-9(16-2)12(10(5-7)17-3)8(15)6-11(13)14/h4-5,8,11H,6,15H2,1-3H3/t8-/m0/s1. The number of halogens is 2. The number of hydrogen-bond donors (Lipinski definition) is 1. The number of rotatable bonds is 5. The highest BCUT2D eigenvalue weighted by atomic mass is 19.3. The number of nitrogens with two attached hydrogens (primary N) is 1. The van der Waals surface area contributed by atoms with Gasteiger partial charge in [-0.1, -0.05) is 0 Å². The molecular weight excluding hydrogens is 228 g/mol. The first-order valence-corrected chi connectivity index (χ1v) is 5.25. The summed E-state index contributed by atoms with van der Waals surface area (Å²) >= 11 is 0. The minimum absolute atomic E-state index is 0.421. The van der Waals surface area contributed by atoms with E-state index in [1.807, 2.05) is 6.92 Å². The summed E-state index contributed by atoms with van der Waals surface area (Å²) in [6.45, 7) is 1.87. The maximum absolute atomic E-state index is 12.4. The third-order valence-electron chi connectivity index (χ3n) is 2.49. The number of benzene rings is 1. The van der Waals surface area contributed by atoms with Crippen LogP contribution in [0.2, 0.25) is 0 Å². The van der Waals surface area contributed by atoms with Crippen molar-refractivity contribution < 1.29 is 18.3 Å². The van der Waals surface area contributed by atoms with E-state index in [0.29, 0.717) is 17.1 Å². The van der Waals surface area contributed by atoms with Gasteiger partial charge < -0.3 is 15.2 Å². The normalized spacial score (nSPS) is 12.6. The van der Waals surface area contributed by atoms with Crippen molar-refractivity contribution in [3.05, 3.63) is 23.3 Å². The van der Waals surface area contributed by atoms with Gasteiger partial charge in [0.05, 0.1) is 19.8 Å². The van der Waals surface area contributed by atoms with E-state index >= 15 is 0 Å². The molecule has 2 N–H and O–H groups in total. The van der Waals surface area contributed by atoms with Gasteiger partial charge in [0.15, 0.2) is 0 Å². The molecule has 0 amide bonds. The molecule has 0 aromatic heterocycles. The minimum Gasteiger partial charge on any atom is -0.496 e. The molecule has 96 valence electrons. The molecule has 0 saturated heterocycles. The van der Waals surface area contributed by atoms with Crippen molar-refractivity contribution in [1.29, 1.82) is 0 Å². The average molecular weight is 245 g/mol. The molecule has 0 heterocycles. The molecule has 0 fully saturated rings. The zero-order chi connectivity index (χ0) is 13.0. The lowest BCUT2D eigenvalue weighted by Gasteiger charge is -2.19. The van der Waals surface area contributed by atoms with Crippen molar-refractivity contribution in [1.82, 2.24) is 0 Å². The van der Waals surface area contributed by atoms with Crippen molar-refractivity contribution in [3.63, 3.8) is 0 Å². The lowest BCUT2D eigenvalue weighted by atomic mass is 10.0. The number of methoxy groups -OCH3 is 2. The van der Waals surface area contributed by atoms with Gasteiger partial charge in [-0.3, -0.25) is 0 Å². The third-order valence-corrected chi connectivity index (χ3v) is 2.49. The number of ether oxygens (including phenoxy) is 2. The van der Waals surface area contributed by atoms with Crippen LogP contribution in [0.1, 0.15) is 23.6 Å². The summed E-state index contributed by atoms with van der Waals surface area (Å²) in [6.07, 6.45) is -2.88. The molecule has 0 spiro atoms. The van der Waals surface area contributed by atoms with Crippen molar-refractivity contribution >= 4 is 0 Å². The summed E-state index contributed by atoms with van der Waals surface area (Å²) in [6, 6.07) is 2.70. The molecule has 0 unspecified atom stereocenters. The Labute approximate surface area is 99.5 Å². The quantitative estimate of drug-likeness (QED) is 0.867. The van der Waals surface area contributed by atoms with Gasteiger partial charge in [0.25, 0.3) is 0 Å². The second-order valence-electron chi connectivity index (χ2n) is 3.82. The average Bonchev–Trinajstić information content (AvgIpc) is 2.26. The molecule has 0 aliphatic heterocycles. The van der Waals surface area contributed by atoms with Crippen LogP contribution in [0.5, 0.6) is 11.5 Å². The predicted octanol–water partition coefficient (Wildman–Crippen LogP) is 2.67. The van der Waals surface area contributed by atoms with Crippen LogP contribution in [0.3, 0.4) is 0 Å². The number of hydrogen-bond acceptors (Lipinski definition) is 3. The number of aryl methyl sites for hydroxylation is 1. The zero-order valence-corrected chi connectivity index (χ0v) is 10.2. The molecule has 0 radical (unpaired) electrons. The first-order chi connectivity index (χ1) is 7.99. The second-order valence-corrected chi connectivity index (χ2v) is 3.82. The van der Waals surface area contributed by atoms with E-state index in [4.69, 9.17) is 15.2 Å². The predicted molar refractivity (Wildman–Crippen MR) is 61.8 cm³/mol. The van der Waals surface area contributed by atoms with Crippen LogP contribution >= 0.6 is 0 Å². The largest absolute Gasteiger partial charge is 0.496 e. The molecule has 1 aromatic rings. The van der Waals surface area contributed by atoms with Crippen LogP contribution < -0.4 is 15.2 Å². The molecule has 1 rings (SSSR count). The van der Waals surface area contributed by atoms with Crippen molar-refractivity contribution in [2.45, 2.75) is 25.8 Å². The van der Waals surface area contributed by atoms with Gasteiger partial charge in [-0.2, -0.15) is 0 Å². The van der Waals surface area contributed by atoms with Gasteiger partial charge in [0.2, 0.25) is 6.43 Å². The Hall–Kier alpha value is -1.36. The maximum atomic E-state index is 12.4. The summed E-state index contributed by atoms with van der Waals surface area (Å²) in [5, 5.41) is 0. The molecule has 0 aliphatic rings. The van der Waals surface area contributed by atoms with Crippen LogP contribution in [0.25, 0.3) is 0 Å². The first-order valence-electron chi connectivity index (χ1n) is 5.25. The monoisotopic (exact) mass is 245 g/mol. The van der Waals surface area contributed by atoms with Crippen molar-refractivity contribution in [2.24, 2.45) is 5.73 Å². The minimum atomic E-state index is -2.46. The zero-order valence-electron chi connectivity index (χ0n) is 10.2. The van der Waals surface area contributed by atoms with Crippen molar-refractivity contribution in [2.75, 3.05) is 14.2 Å². The Morgan fingerprint density at radius 1 is 1.18 bits per heavy atom. The second kappa shape index (κ2) is 5.82. The summed E-state index contributed by atoms with van der Waals surface area (Å²) in [4.78, 5) is 0.